The molecule has 1 aliphatic heterocycles. The first-order valence-electron chi connectivity index (χ1n) is 8.13. The van der Waals surface area contributed by atoms with Gasteiger partial charge in [-0.25, -0.2) is 13.1 Å². The first kappa shape index (κ1) is 23.2. The first-order chi connectivity index (χ1) is 11.6. The van der Waals surface area contributed by atoms with Crippen LogP contribution in [-0.4, -0.2) is 68.0 Å². The van der Waals surface area contributed by atoms with Crippen LogP contribution >= 0.6 is 12.4 Å². The Morgan fingerprint density at radius 3 is 2.31 bits per heavy atom. The van der Waals surface area contributed by atoms with Gasteiger partial charge in [-0.3, -0.25) is 9.58 Å². The van der Waals surface area contributed by atoms with E-state index < -0.39 is 28.8 Å². The van der Waals surface area contributed by atoms with Crippen molar-refractivity contribution in [2.45, 2.75) is 44.4 Å². The van der Waals surface area contributed by atoms with Crippen LogP contribution in [-0.2, 0) is 16.6 Å². The number of aryl methyl sites for hydroxylation is 2. The monoisotopic (exact) mass is 419 g/mol. The molecule has 2 rings (SSSR count). The molecule has 0 aromatic carbocycles. The minimum absolute atomic E-state index is 0. The van der Waals surface area contributed by atoms with Crippen molar-refractivity contribution in [3.63, 3.8) is 0 Å². The highest BCUT2D eigenvalue weighted by Gasteiger charge is 2.44. The second kappa shape index (κ2) is 8.87. The van der Waals surface area contributed by atoms with Gasteiger partial charge >= 0.3 is 6.18 Å². The van der Waals surface area contributed by atoms with Crippen LogP contribution in [0.25, 0.3) is 0 Å². The normalized spacial score (nSPS) is 17.8. The van der Waals surface area contributed by atoms with E-state index in [1.54, 1.807) is 6.92 Å². The Morgan fingerprint density at radius 1 is 1.27 bits per heavy atom. The standard InChI is InChI=1S/C14H24F3N5O2S.ClH/c1-4-22-11(3)13(10(2)20-22)25(23,24)19-9-12(14(15,16)17)21-7-5-18-6-8-21;/h12,18-19H,4-9H2,1-3H3;1H. The van der Waals surface area contributed by atoms with Crippen LogP contribution in [0.15, 0.2) is 4.90 Å². The zero-order chi connectivity index (χ0) is 18.8. The van der Waals surface area contributed by atoms with Gasteiger partial charge in [-0.05, 0) is 20.8 Å². The lowest BCUT2D eigenvalue weighted by atomic mass is 10.2. The summed E-state index contributed by atoms with van der Waals surface area (Å²) < 4.78 is 68.9. The van der Waals surface area contributed by atoms with Crippen molar-refractivity contribution in [2.24, 2.45) is 0 Å². The largest absolute Gasteiger partial charge is 0.405 e. The molecular weight excluding hydrogens is 395 g/mol. The number of halogens is 4. The van der Waals surface area contributed by atoms with Gasteiger partial charge in [-0.15, -0.1) is 12.4 Å². The molecule has 2 N–H and O–H groups in total. The predicted molar refractivity (Wildman–Crippen MR) is 94.1 cm³/mol. The zero-order valence-corrected chi connectivity index (χ0v) is 16.6. The van der Waals surface area contributed by atoms with Crippen LogP contribution in [0.4, 0.5) is 13.2 Å². The van der Waals surface area contributed by atoms with E-state index in [1.165, 1.54) is 16.5 Å². The Kier molecular flexibility index (Phi) is 7.90. The van der Waals surface area contributed by atoms with E-state index in [-0.39, 0.29) is 36.1 Å². The van der Waals surface area contributed by atoms with Gasteiger partial charge in [0.25, 0.3) is 0 Å². The second-order valence-electron chi connectivity index (χ2n) is 6.01. The lowest BCUT2D eigenvalue weighted by Gasteiger charge is -2.35. The van der Waals surface area contributed by atoms with E-state index in [2.05, 4.69) is 15.1 Å². The third-order valence-corrected chi connectivity index (χ3v) is 6.00. The molecule has 1 fully saturated rings. The number of alkyl halides is 3. The van der Waals surface area contributed by atoms with Crippen LogP contribution < -0.4 is 10.0 Å². The zero-order valence-electron chi connectivity index (χ0n) is 14.9. The van der Waals surface area contributed by atoms with Gasteiger partial charge < -0.3 is 5.32 Å². The van der Waals surface area contributed by atoms with Gasteiger partial charge in [0, 0.05) is 39.3 Å². The van der Waals surface area contributed by atoms with Crippen molar-refractivity contribution >= 4 is 22.4 Å². The minimum Gasteiger partial charge on any atom is -0.314 e. The third kappa shape index (κ3) is 5.10. The molecule has 0 saturated carbocycles. The van der Waals surface area contributed by atoms with Crippen molar-refractivity contribution in [1.82, 2.24) is 24.7 Å². The van der Waals surface area contributed by atoms with Crippen LogP contribution in [0, 0.1) is 13.8 Å². The van der Waals surface area contributed by atoms with Crippen molar-refractivity contribution in [3.05, 3.63) is 11.4 Å². The molecule has 0 bridgehead atoms. The van der Waals surface area contributed by atoms with Crippen molar-refractivity contribution in [3.8, 4) is 0 Å². The molecule has 152 valence electrons. The summed E-state index contributed by atoms with van der Waals surface area (Å²) in [6.07, 6.45) is -4.52. The predicted octanol–water partition coefficient (Wildman–Crippen LogP) is 1.06. The van der Waals surface area contributed by atoms with E-state index in [4.69, 9.17) is 0 Å². The number of hydrogen-bond donors (Lipinski definition) is 2. The summed E-state index contributed by atoms with van der Waals surface area (Å²) in [6.45, 7) is 6.03. The number of nitrogens with one attached hydrogen (secondary N) is 2. The van der Waals surface area contributed by atoms with Crippen LogP contribution in [0.2, 0.25) is 0 Å². The summed E-state index contributed by atoms with van der Waals surface area (Å²) in [4.78, 5) is 1.21. The lowest BCUT2D eigenvalue weighted by Crippen LogP contribution is -2.57. The fourth-order valence-corrected chi connectivity index (χ4v) is 4.53. The number of hydrogen-bond acceptors (Lipinski definition) is 5. The molecule has 1 aliphatic rings. The van der Waals surface area contributed by atoms with Crippen molar-refractivity contribution in [2.75, 3.05) is 32.7 Å². The Labute approximate surface area is 157 Å². The number of aromatic nitrogens is 2. The first-order valence-corrected chi connectivity index (χ1v) is 9.61. The smallest absolute Gasteiger partial charge is 0.314 e. The average Bonchev–Trinajstić information content (AvgIpc) is 2.81. The third-order valence-electron chi connectivity index (χ3n) is 4.32. The number of piperazine rings is 1. The quantitative estimate of drug-likeness (QED) is 0.720. The Hall–Kier alpha value is -0.880. The number of rotatable bonds is 6. The van der Waals surface area contributed by atoms with Gasteiger partial charge in [0.1, 0.15) is 10.9 Å². The minimum atomic E-state index is -4.52. The Morgan fingerprint density at radius 2 is 1.85 bits per heavy atom. The van der Waals surface area contributed by atoms with E-state index in [9.17, 15) is 21.6 Å². The van der Waals surface area contributed by atoms with E-state index >= 15 is 0 Å². The van der Waals surface area contributed by atoms with Crippen molar-refractivity contribution in [1.29, 1.82) is 0 Å². The summed E-state index contributed by atoms with van der Waals surface area (Å²) in [7, 11) is -4.08. The molecule has 1 unspecified atom stereocenters. The van der Waals surface area contributed by atoms with Gasteiger partial charge in [0.05, 0.1) is 11.4 Å². The van der Waals surface area contributed by atoms with Gasteiger partial charge in [-0.2, -0.15) is 18.3 Å². The van der Waals surface area contributed by atoms with Gasteiger partial charge in [-0.1, -0.05) is 0 Å². The van der Waals surface area contributed by atoms with Gasteiger partial charge in [0.2, 0.25) is 10.0 Å². The Balaban J connectivity index is 0.00000338. The molecule has 1 saturated heterocycles. The highest BCUT2D eigenvalue weighted by Crippen LogP contribution is 2.26. The van der Waals surface area contributed by atoms with E-state index in [0.29, 0.717) is 25.3 Å². The Bertz CT molecular complexity index is 702. The number of sulfonamides is 1. The highest BCUT2D eigenvalue weighted by atomic mass is 35.5. The molecule has 0 spiro atoms. The maximum atomic E-state index is 13.4. The average molecular weight is 420 g/mol. The molecule has 1 aromatic rings. The summed E-state index contributed by atoms with van der Waals surface area (Å²) in [5.74, 6) is 0. The molecule has 26 heavy (non-hydrogen) atoms. The fourth-order valence-electron chi connectivity index (χ4n) is 3.08. The molecular formula is C14H25ClF3N5O2S. The summed E-state index contributed by atoms with van der Waals surface area (Å²) in [6, 6.07) is -1.86. The SMILES string of the molecule is CCn1nc(C)c(S(=O)(=O)NCC(N2CCNCC2)C(F)(F)F)c1C.Cl. The summed E-state index contributed by atoms with van der Waals surface area (Å²) in [5.41, 5.74) is 0.691. The molecule has 7 nitrogen and oxygen atoms in total. The summed E-state index contributed by atoms with van der Waals surface area (Å²) in [5, 5.41) is 7.10. The van der Waals surface area contributed by atoms with Gasteiger partial charge in [0.15, 0.2) is 0 Å². The molecule has 0 radical (unpaired) electrons. The van der Waals surface area contributed by atoms with Crippen LogP contribution in [0.3, 0.4) is 0 Å². The molecule has 1 aromatic heterocycles. The molecule has 0 amide bonds. The summed E-state index contributed by atoms with van der Waals surface area (Å²) >= 11 is 0. The molecule has 0 aliphatic carbocycles. The lowest BCUT2D eigenvalue weighted by molar-refractivity contribution is -0.182. The maximum absolute atomic E-state index is 13.4. The molecule has 12 heteroatoms. The topological polar surface area (TPSA) is 79.3 Å². The fraction of sp³-hybridized carbons (Fsp3) is 0.786. The van der Waals surface area contributed by atoms with Crippen molar-refractivity contribution < 1.29 is 21.6 Å². The van der Waals surface area contributed by atoms with E-state index in [0.717, 1.165) is 0 Å². The molecule has 1 atom stereocenters. The van der Waals surface area contributed by atoms with Crippen LogP contribution in [0.1, 0.15) is 18.3 Å². The highest BCUT2D eigenvalue weighted by molar-refractivity contribution is 7.89. The van der Waals surface area contributed by atoms with Crippen LogP contribution in [0.5, 0.6) is 0 Å². The molecule has 2 heterocycles. The number of nitrogens with zero attached hydrogens (tertiary/aromatic N) is 3. The van der Waals surface area contributed by atoms with E-state index in [1.807, 2.05) is 6.92 Å². The maximum Gasteiger partial charge on any atom is 0.405 e. The second-order valence-corrected chi connectivity index (χ2v) is 7.71.